The predicted molar refractivity (Wildman–Crippen MR) is 77.4 cm³/mol. The maximum atomic E-state index is 11.9. The molecule has 0 atom stereocenters. The average molecular weight is 382 g/mol. The van der Waals surface area contributed by atoms with E-state index < -0.39 is 47.1 Å². The van der Waals surface area contributed by atoms with Crippen LogP contribution in [0.4, 0.5) is 18.0 Å². The van der Waals surface area contributed by atoms with Crippen molar-refractivity contribution in [3.05, 3.63) is 29.8 Å². The van der Waals surface area contributed by atoms with Gasteiger partial charge in [-0.05, 0) is 12.1 Å². The molecule has 0 saturated heterocycles. The van der Waals surface area contributed by atoms with Crippen molar-refractivity contribution in [1.29, 1.82) is 0 Å². The Morgan fingerprint density at radius 2 is 1.76 bits per heavy atom. The number of esters is 1. The van der Waals surface area contributed by atoms with Crippen LogP contribution in [0.5, 0.6) is 0 Å². The van der Waals surface area contributed by atoms with Gasteiger partial charge in [0.2, 0.25) is 0 Å². The van der Waals surface area contributed by atoms with E-state index in [1.165, 1.54) is 22.8 Å². The summed E-state index contributed by atoms with van der Waals surface area (Å²) in [6, 6.07) is 3.65. The van der Waals surface area contributed by atoms with Crippen molar-refractivity contribution in [2.45, 2.75) is 11.1 Å². The fourth-order valence-electron chi connectivity index (χ4n) is 1.55. The molecule has 0 aliphatic heterocycles. The number of imide groups is 1. The van der Waals surface area contributed by atoms with Gasteiger partial charge in [-0.3, -0.25) is 10.1 Å². The highest BCUT2D eigenvalue weighted by molar-refractivity contribution is 7.90. The second-order valence-electron chi connectivity index (χ2n) is 4.69. The van der Waals surface area contributed by atoms with Crippen molar-refractivity contribution in [2.75, 3.05) is 19.4 Å². The lowest BCUT2D eigenvalue weighted by Gasteiger charge is -2.10. The zero-order valence-corrected chi connectivity index (χ0v) is 13.5. The number of benzene rings is 1. The number of ether oxygens (including phenoxy) is 1. The number of urea groups is 1. The molecule has 0 fully saturated rings. The SMILES string of the molecule is CS(=O)(=O)c1ccccc1C(=O)OCC(=O)NC(=O)NCC(F)(F)F. The molecule has 0 spiro atoms. The standard InChI is InChI=1S/C13H13F3N2O6S/c1-25(22,23)9-5-3-2-4-8(9)11(20)24-6-10(19)18-12(21)17-7-13(14,15)16/h2-5H,6-7H2,1H3,(H2,17,18,19,21). The third-order valence-corrected chi connectivity index (χ3v) is 3.70. The summed E-state index contributed by atoms with van der Waals surface area (Å²) in [5.74, 6) is -2.34. The second-order valence-corrected chi connectivity index (χ2v) is 6.67. The van der Waals surface area contributed by atoms with Gasteiger partial charge >= 0.3 is 18.2 Å². The molecule has 0 heterocycles. The lowest BCUT2D eigenvalue weighted by molar-refractivity contribution is -0.125. The molecule has 0 aliphatic rings. The van der Waals surface area contributed by atoms with Crippen molar-refractivity contribution < 1.29 is 40.7 Å². The van der Waals surface area contributed by atoms with Crippen LogP contribution in [0, 0.1) is 0 Å². The van der Waals surface area contributed by atoms with E-state index in [2.05, 4.69) is 4.74 Å². The molecule has 8 nitrogen and oxygen atoms in total. The van der Waals surface area contributed by atoms with Gasteiger partial charge in [-0.1, -0.05) is 12.1 Å². The van der Waals surface area contributed by atoms with Crippen LogP contribution in [0.15, 0.2) is 29.2 Å². The van der Waals surface area contributed by atoms with E-state index in [1.807, 2.05) is 0 Å². The first-order valence-corrected chi connectivity index (χ1v) is 8.40. The quantitative estimate of drug-likeness (QED) is 0.722. The summed E-state index contributed by atoms with van der Waals surface area (Å²) in [4.78, 5) is 33.9. The minimum Gasteiger partial charge on any atom is -0.452 e. The van der Waals surface area contributed by atoms with Crippen LogP contribution in [-0.4, -0.2) is 51.9 Å². The Labute approximate surface area is 140 Å². The van der Waals surface area contributed by atoms with Gasteiger partial charge in [0.1, 0.15) is 6.54 Å². The monoisotopic (exact) mass is 382 g/mol. The van der Waals surface area contributed by atoms with Gasteiger partial charge in [0.25, 0.3) is 5.91 Å². The summed E-state index contributed by atoms with van der Waals surface area (Å²) >= 11 is 0. The van der Waals surface area contributed by atoms with Gasteiger partial charge in [-0.15, -0.1) is 0 Å². The lowest BCUT2D eigenvalue weighted by atomic mass is 10.2. The molecule has 1 aromatic carbocycles. The molecule has 2 N–H and O–H groups in total. The summed E-state index contributed by atoms with van der Waals surface area (Å²) in [5, 5.41) is 2.91. The molecule has 1 aromatic rings. The minimum atomic E-state index is -4.65. The predicted octanol–water partition coefficient (Wildman–Crippen LogP) is 0.635. The molecule has 12 heteroatoms. The number of hydrogen-bond donors (Lipinski definition) is 2. The third-order valence-electron chi connectivity index (χ3n) is 2.54. The van der Waals surface area contributed by atoms with Crippen molar-refractivity contribution in [3.63, 3.8) is 0 Å². The smallest absolute Gasteiger partial charge is 0.405 e. The first kappa shape index (κ1) is 20.4. The van der Waals surface area contributed by atoms with Crippen molar-refractivity contribution in [3.8, 4) is 0 Å². The number of sulfone groups is 1. The summed E-state index contributed by atoms with van der Waals surface area (Å²) in [6.45, 7) is -2.63. The highest BCUT2D eigenvalue weighted by atomic mass is 32.2. The van der Waals surface area contributed by atoms with Crippen LogP contribution in [0.3, 0.4) is 0 Å². The number of carbonyl (C=O) groups excluding carboxylic acids is 3. The van der Waals surface area contributed by atoms with Gasteiger partial charge < -0.3 is 10.1 Å². The van der Waals surface area contributed by atoms with E-state index in [4.69, 9.17) is 0 Å². The fraction of sp³-hybridized carbons (Fsp3) is 0.308. The first-order valence-electron chi connectivity index (χ1n) is 6.51. The molecule has 3 amide bonds. The first-order chi connectivity index (χ1) is 11.4. The Hall–Kier alpha value is -2.63. The Bertz CT molecular complexity index is 776. The van der Waals surface area contributed by atoms with Gasteiger partial charge in [0.05, 0.1) is 10.5 Å². The topological polar surface area (TPSA) is 119 Å². The Balaban J connectivity index is 2.60. The average Bonchev–Trinajstić information content (AvgIpc) is 2.49. The number of halogens is 3. The number of nitrogens with one attached hydrogen (secondary N) is 2. The number of alkyl halides is 3. The minimum absolute atomic E-state index is 0.316. The Morgan fingerprint density at radius 1 is 1.16 bits per heavy atom. The van der Waals surface area contributed by atoms with Crippen molar-refractivity contribution >= 4 is 27.7 Å². The van der Waals surface area contributed by atoms with Gasteiger partial charge in [-0.2, -0.15) is 13.2 Å². The molecule has 138 valence electrons. The lowest BCUT2D eigenvalue weighted by Crippen LogP contribution is -2.44. The van der Waals surface area contributed by atoms with Gasteiger partial charge in [0, 0.05) is 6.26 Å². The summed E-state index contributed by atoms with van der Waals surface area (Å²) in [7, 11) is -3.73. The van der Waals surface area contributed by atoms with E-state index in [1.54, 1.807) is 0 Å². The van der Waals surface area contributed by atoms with Gasteiger partial charge in [-0.25, -0.2) is 18.0 Å². The molecule has 0 saturated carbocycles. The molecule has 1 rings (SSSR count). The Kier molecular flexibility index (Phi) is 6.50. The third kappa shape index (κ3) is 7.20. The number of amides is 3. The van der Waals surface area contributed by atoms with Crippen LogP contribution in [0.25, 0.3) is 0 Å². The largest absolute Gasteiger partial charge is 0.452 e. The Morgan fingerprint density at radius 3 is 2.32 bits per heavy atom. The van der Waals surface area contributed by atoms with Crippen LogP contribution < -0.4 is 10.6 Å². The van der Waals surface area contributed by atoms with E-state index in [0.29, 0.717) is 0 Å². The van der Waals surface area contributed by atoms with Crippen molar-refractivity contribution in [2.24, 2.45) is 0 Å². The van der Waals surface area contributed by atoms with E-state index >= 15 is 0 Å². The van der Waals surface area contributed by atoms with Gasteiger partial charge in [0.15, 0.2) is 16.4 Å². The zero-order chi connectivity index (χ0) is 19.3. The zero-order valence-electron chi connectivity index (χ0n) is 12.7. The molecular formula is C13H13F3N2O6S. The molecule has 25 heavy (non-hydrogen) atoms. The van der Waals surface area contributed by atoms with E-state index in [-0.39, 0.29) is 10.5 Å². The molecule has 0 aromatic heterocycles. The number of carbonyl (C=O) groups is 3. The number of rotatable bonds is 5. The highest BCUT2D eigenvalue weighted by Gasteiger charge is 2.28. The van der Waals surface area contributed by atoms with Crippen LogP contribution in [0.2, 0.25) is 0 Å². The fourth-order valence-corrected chi connectivity index (χ4v) is 2.43. The summed E-state index contributed by atoms with van der Waals surface area (Å²) < 4.78 is 63.3. The van der Waals surface area contributed by atoms with E-state index in [0.717, 1.165) is 18.4 Å². The normalized spacial score (nSPS) is 11.5. The molecule has 0 bridgehead atoms. The highest BCUT2D eigenvalue weighted by Crippen LogP contribution is 2.16. The summed E-state index contributed by atoms with van der Waals surface area (Å²) in [5.41, 5.74) is -0.320. The maximum Gasteiger partial charge on any atom is 0.405 e. The number of hydrogen-bond acceptors (Lipinski definition) is 6. The maximum absolute atomic E-state index is 11.9. The van der Waals surface area contributed by atoms with Crippen LogP contribution in [-0.2, 0) is 19.4 Å². The van der Waals surface area contributed by atoms with E-state index in [9.17, 15) is 36.0 Å². The second kappa shape index (κ2) is 7.96. The van der Waals surface area contributed by atoms with Crippen molar-refractivity contribution in [1.82, 2.24) is 10.6 Å². The van der Waals surface area contributed by atoms with Crippen LogP contribution in [0.1, 0.15) is 10.4 Å². The van der Waals surface area contributed by atoms with Crippen LogP contribution >= 0.6 is 0 Å². The molecule has 0 radical (unpaired) electrons. The molecular weight excluding hydrogens is 369 g/mol. The summed E-state index contributed by atoms with van der Waals surface area (Å²) in [6.07, 6.45) is -3.78. The molecule has 0 unspecified atom stereocenters. The molecule has 0 aliphatic carbocycles.